The molecule has 0 saturated carbocycles. The molecule has 0 aliphatic rings. The van der Waals surface area contributed by atoms with Gasteiger partial charge < -0.3 is 0 Å². The first-order chi connectivity index (χ1) is 8.82. The number of hydrogen-bond donors (Lipinski definition) is 1. The Morgan fingerprint density at radius 1 is 1.32 bits per heavy atom. The Kier molecular flexibility index (Phi) is 5.14. The van der Waals surface area contributed by atoms with Crippen molar-refractivity contribution in [1.82, 2.24) is 4.90 Å². The third-order valence-electron chi connectivity index (χ3n) is 2.75. The molecule has 0 aliphatic carbocycles. The highest BCUT2D eigenvalue weighted by Gasteiger charge is 2.23. The fourth-order valence-corrected chi connectivity index (χ4v) is 1.57. The molecule has 1 aromatic rings. The maximum Gasteiger partial charge on any atom is 0.223 e. The molecule has 3 heteroatoms. The van der Waals surface area contributed by atoms with Gasteiger partial charge in [0.1, 0.15) is 0 Å². The van der Waals surface area contributed by atoms with Crippen LogP contribution >= 0.6 is 0 Å². The summed E-state index contributed by atoms with van der Waals surface area (Å²) in [5.74, 6) is 2.62. The van der Waals surface area contributed by atoms with Gasteiger partial charge in [0.15, 0.2) is 0 Å². The van der Waals surface area contributed by atoms with Crippen molar-refractivity contribution in [2.45, 2.75) is 32.9 Å². The van der Waals surface area contributed by atoms with Gasteiger partial charge in [-0.1, -0.05) is 18.1 Å². The van der Waals surface area contributed by atoms with Crippen LogP contribution in [0, 0.1) is 12.3 Å². The summed E-state index contributed by atoms with van der Waals surface area (Å²) < 4.78 is 1.23. The molecule has 1 aromatic carbocycles. The minimum absolute atomic E-state index is 0.300. The van der Waals surface area contributed by atoms with Gasteiger partial charge in [0.25, 0.3) is 0 Å². The Hall–Kier alpha value is -1.79. The summed E-state index contributed by atoms with van der Waals surface area (Å²) in [6.07, 6.45) is 7.00. The maximum absolute atomic E-state index is 9.87. The molecule has 0 aliphatic heterocycles. The first-order valence-electron chi connectivity index (χ1n) is 6.37. The van der Waals surface area contributed by atoms with Crippen molar-refractivity contribution in [2.75, 3.05) is 13.6 Å². The largest absolute Gasteiger partial charge is 0.291 e. The predicted molar refractivity (Wildman–Crippen MR) is 78.6 cm³/mol. The lowest BCUT2D eigenvalue weighted by Crippen LogP contribution is -2.31. The zero-order chi connectivity index (χ0) is 14.5. The molecule has 19 heavy (non-hydrogen) atoms. The molecular weight excluding hydrogens is 236 g/mol. The van der Waals surface area contributed by atoms with Crippen molar-refractivity contribution in [3.05, 3.63) is 35.4 Å². The highest BCUT2D eigenvalue weighted by molar-refractivity contribution is 5.75. The lowest BCUT2D eigenvalue weighted by atomic mass is 10.1. The van der Waals surface area contributed by atoms with E-state index in [1.165, 1.54) is 10.3 Å². The molecule has 0 heterocycles. The summed E-state index contributed by atoms with van der Waals surface area (Å²) >= 11 is 0. The van der Waals surface area contributed by atoms with E-state index in [1.807, 2.05) is 40.0 Å². The summed E-state index contributed by atoms with van der Waals surface area (Å²) in [6, 6.07) is 8.09. The van der Waals surface area contributed by atoms with Crippen LogP contribution in [0.4, 0.5) is 0 Å². The summed E-state index contributed by atoms with van der Waals surface area (Å²) in [5.41, 5.74) is 1.88. The molecule has 0 bridgehead atoms. The molecule has 0 unspecified atom stereocenters. The van der Waals surface area contributed by atoms with Crippen LogP contribution in [0.15, 0.2) is 24.3 Å². The molecule has 102 valence electrons. The smallest absolute Gasteiger partial charge is 0.223 e. The second-order valence-corrected chi connectivity index (χ2v) is 5.76. The molecular formula is C16H23N2O+. The summed E-state index contributed by atoms with van der Waals surface area (Å²) in [4.78, 5) is 2.08. The minimum atomic E-state index is -0.300. The molecule has 0 fully saturated rings. The van der Waals surface area contributed by atoms with E-state index in [-0.39, 0.29) is 5.54 Å². The molecule has 0 spiro atoms. The van der Waals surface area contributed by atoms with E-state index in [0.29, 0.717) is 6.54 Å². The van der Waals surface area contributed by atoms with Crippen molar-refractivity contribution in [3.8, 4) is 12.3 Å². The van der Waals surface area contributed by atoms with Crippen LogP contribution in [0.5, 0.6) is 0 Å². The first kappa shape index (κ1) is 15.3. The van der Waals surface area contributed by atoms with Gasteiger partial charge in [-0.2, -0.15) is 0 Å². The van der Waals surface area contributed by atoms with E-state index < -0.39 is 0 Å². The minimum Gasteiger partial charge on any atom is -0.291 e. The maximum atomic E-state index is 9.87. The average Bonchev–Trinajstić information content (AvgIpc) is 2.30. The van der Waals surface area contributed by atoms with Crippen molar-refractivity contribution >= 4 is 6.21 Å². The van der Waals surface area contributed by atoms with Crippen LogP contribution < -0.4 is 0 Å². The van der Waals surface area contributed by atoms with E-state index in [9.17, 15) is 5.21 Å². The number of terminal acetylenes is 1. The van der Waals surface area contributed by atoms with Gasteiger partial charge >= 0.3 is 0 Å². The topological polar surface area (TPSA) is 26.5 Å². The summed E-state index contributed by atoms with van der Waals surface area (Å²) in [6.45, 7) is 7.32. The lowest BCUT2D eigenvalue weighted by molar-refractivity contribution is -0.816. The van der Waals surface area contributed by atoms with Gasteiger partial charge in [-0.25, -0.2) is 0 Å². The average molecular weight is 259 g/mol. The SMILES string of the molecule is C#CCN(C)Cc1ccc(/C=[N+](\O)C(C)(C)C)cc1. The van der Waals surface area contributed by atoms with Gasteiger partial charge in [0, 0.05) is 32.9 Å². The normalized spacial score (nSPS) is 12.5. The van der Waals surface area contributed by atoms with Crippen LogP contribution in [0.3, 0.4) is 0 Å². The predicted octanol–water partition coefficient (Wildman–Crippen LogP) is 2.37. The Balaban J connectivity index is 2.75. The van der Waals surface area contributed by atoms with Crippen LogP contribution in [0.1, 0.15) is 31.9 Å². The first-order valence-corrected chi connectivity index (χ1v) is 6.37. The Labute approximate surface area is 116 Å². The standard InChI is InChI=1S/C16H23N2O/c1-6-11-17(5)12-14-7-9-15(10-8-14)13-18(19)16(2,3)4/h1,7-10,13,19H,11-12H2,2-5H3/q+1/b18-13-. The quantitative estimate of drug-likeness (QED) is 0.295. The molecule has 1 rings (SSSR count). The third-order valence-corrected chi connectivity index (χ3v) is 2.75. The fourth-order valence-electron chi connectivity index (χ4n) is 1.57. The number of hydroxylamine groups is 1. The Bertz CT molecular complexity index is 475. The monoisotopic (exact) mass is 259 g/mol. The van der Waals surface area contributed by atoms with Crippen LogP contribution in [-0.4, -0.2) is 40.2 Å². The van der Waals surface area contributed by atoms with Crippen molar-refractivity contribution in [2.24, 2.45) is 0 Å². The van der Waals surface area contributed by atoms with Gasteiger partial charge in [0.2, 0.25) is 11.8 Å². The molecule has 0 saturated heterocycles. The molecule has 0 amide bonds. The Morgan fingerprint density at radius 3 is 2.37 bits per heavy atom. The van der Waals surface area contributed by atoms with Crippen LogP contribution in [-0.2, 0) is 6.54 Å². The molecule has 0 atom stereocenters. The number of nitrogens with zero attached hydrogens (tertiary/aromatic N) is 2. The summed E-state index contributed by atoms with van der Waals surface area (Å²) in [5, 5.41) is 9.87. The van der Waals surface area contributed by atoms with Crippen LogP contribution in [0.25, 0.3) is 0 Å². The van der Waals surface area contributed by atoms with E-state index in [2.05, 4.69) is 23.0 Å². The highest BCUT2D eigenvalue weighted by Crippen LogP contribution is 2.08. The second kappa shape index (κ2) is 6.40. The van der Waals surface area contributed by atoms with Crippen molar-refractivity contribution in [1.29, 1.82) is 0 Å². The van der Waals surface area contributed by atoms with E-state index in [4.69, 9.17) is 6.42 Å². The Morgan fingerprint density at radius 2 is 1.89 bits per heavy atom. The summed E-state index contributed by atoms with van der Waals surface area (Å²) in [7, 11) is 1.99. The van der Waals surface area contributed by atoms with Gasteiger partial charge in [0.05, 0.1) is 6.54 Å². The van der Waals surface area contributed by atoms with E-state index in [0.717, 1.165) is 12.1 Å². The van der Waals surface area contributed by atoms with Crippen molar-refractivity contribution < 1.29 is 9.95 Å². The highest BCUT2D eigenvalue weighted by atomic mass is 16.5. The van der Waals surface area contributed by atoms with E-state index in [1.54, 1.807) is 6.21 Å². The third kappa shape index (κ3) is 5.15. The van der Waals surface area contributed by atoms with Gasteiger partial charge in [-0.15, -0.1) is 6.42 Å². The molecule has 0 aromatic heterocycles. The fraction of sp³-hybridized carbons (Fsp3) is 0.438. The number of hydrogen-bond acceptors (Lipinski definition) is 2. The molecule has 0 radical (unpaired) electrons. The second-order valence-electron chi connectivity index (χ2n) is 5.76. The van der Waals surface area contributed by atoms with Crippen LogP contribution in [0.2, 0.25) is 0 Å². The number of benzene rings is 1. The molecule has 3 nitrogen and oxygen atoms in total. The van der Waals surface area contributed by atoms with Gasteiger partial charge in [-0.3, -0.25) is 10.1 Å². The van der Waals surface area contributed by atoms with Gasteiger partial charge in [-0.05, 0) is 29.5 Å². The zero-order valence-corrected chi connectivity index (χ0v) is 12.2. The molecule has 1 N–H and O–H groups in total. The van der Waals surface area contributed by atoms with Crippen molar-refractivity contribution in [3.63, 3.8) is 0 Å². The number of rotatable bonds is 4. The lowest BCUT2D eigenvalue weighted by Gasteiger charge is -2.13. The van der Waals surface area contributed by atoms with E-state index >= 15 is 0 Å². The zero-order valence-electron chi connectivity index (χ0n) is 12.2.